The third kappa shape index (κ3) is 4.71. The van der Waals surface area contributed by atoms with Crippen LogP contribution in [-0.4, -0.2) is 44.1 Å². The number of anilines is 1. The van der Waals surface area contributed by atoms with E-state index in [2.05, 4.69) is 29.2 Å². The van der Waals surface area contributed by atoms with Crippen LogP contribution in [0.25, 0.3) is 6.08 Å². The third-order valence-corrected chi connectivity index (χ3v) is 7.17. The number of amides is 1. The molecular weight excluding hydrogens is 446 g/mol. The fourth-order valence-electron chi connectivity index (χ4n) is 5.28. The van der Waals surface area contributed by atoms with Gasteiger partial charge in [-0.2, -0.15) is 0 Å². The highest BCUT2D eigenvalue weighted by molar-refractivity contribution is 6.07. The van der Waals surface area contributed by atoms with Crippen LogP contribution in [0.2, 0.25) is 0 Å². The van der Waals surface area contributed by atoms with E-state index in [4.69, 9.17) is 4.74 Å². The molecule has 1 spiro atoms. The zero-order valence-electron chi connectivity index (χ0n) is 19.7. The molecule has 0 unspecified atom stereocenters. The summed E-state index contributed by atoms with van der Waals surface area (Å²) >= 11 is 0. The first-order chi connectivity index (χ1) is 17.0. The van der Waals surface area contributed by atoms with Crippen LogP contribution in [0.1, 0.15) is 34.3 Å². The highest BCUT2D eigenvalue weighted by Gasteiger charge is 2.46. The van der Waals surface area contributed by atoms with E-state index in [-0.39, 0.29) is 16.9 Å². The molecule has 3 aromatic carbocycles. The summed E-state index contributed by atoms with van der Waals surface area (Å²) in [5.41, 5.74) is 2.84. The molecule has 0 aromatic heterocycles. The molecule has 35 heavy (non-hydrogen) atoms. The number of rotatable bonds is 5. The number of halogens is 2. The average molecular weight is 475 g/mol. The topological polar surface area (TPSA) is 32.8 Å². The van der Waals surface area contributed by atoms with Gasteiger partial charge in [0, 0.05) is 35.8 Å². The summed E-state index contributed by atoms with van der Waals surface area (Å²) in [5.74, 6) is -1.16. The van der Waals surface area contributed by atoms with Gasteiger partial charge in [-0.25, -0.2) is 8.78 Å². The second-order valence-electron chi connectivity index (χ2n) is 9.33. The van der Waals surface area contributed by atoms with Gasteiger partial charge in [0.05, 0.1) is 7.11 Å². The predicted octanol–water partition coefficient (Wildman–Crippen LogP) is 5.68. The standard InChI is InChI=1S/C29H28F2N2O2/c1-35-25-9-10-27-26(19-25)29(20-33(27)28(34)22-16-23(30)18-24(31)17-22)11-14-32(15-12-29)13-5-8-21-6-3-2-4-7-21/h2-10,16-19H,11-15,20H2,1H3. The average Bonchev–Trinajstić information content (AvgIpc) is 3.18. The Bertz CT molecular complexity index is 1230. The number of likely N-dealkylation sites (tertiary alicyclic amines) is 1. The molecule has 1 saturated heterocycles. The molecule has 0 radical (unpaired) electrons. The fraction of sp³-hybridized carbons (Fsp3) is 0.276. The lowest BCUT2D eigenvalue weighted by molar-refractivity contribution is 0.0977. The van der Waals surface area contributed by atoms with Crippen molar-refractivity contribution < 1.29 is 18.3 Å². The number of ether oxygens (including phenoxy) is 1. The van der Waals surface area contributed by atoms with Crippen LogP contribution < -0.4 is 9.64 Å². The van der Waals surface area contributed by atoms with Gasteiger partial charge in [0.15, 0.2) is 0 Å². The van der Waals surface area contributed by atoms with E-state index >= 15 is 0 Å². The Labute approximate surface area is 204 Å². The maximum atomic E-state index is 13.8. The van der Waals surface area contributed by atoms with E-state index in [0.29, 0.717) is 6.54 Å². The van der Waals surface area contributed by atoms with Crippen LogP contribution in [0, 0.1) is 11.6 Å². The van der Waals surface area contributed by atoms with Crippen molar-refractivity contribution in [2.24, 2.45) is 0 Å². The third-order valence-electron chi connectivity index (χ3n) is 7.17. The lowest BCUT2D eigenvalue weighted by Crippen LogP contribution is -2.46. The summed E-state index contributed by atoms with van der Waals surface area (Å²) in [5, 5.41) is 0. The monoisotopic (exact) mass is 474 g/mol. The number of carbonyl (C=O) groups excluding carboxylic acids is 1. The van der Waals surface area contributed by atoms with Crippen molar-refractivity contribution in [3.63, 3.8) is 0 Å². The number of piperidine rings is 1. The van der Waals surface area contributed by atoms with Crippen LogP contribution in [0.5, 0.6) is 5.75 Å². The largest absolute Gasteiger partial charge is 0.497 e. The van der Waals surface area contributed by atoms with E-state index in [1.165, 1.54) is 5.56 Å². The second-order valence-corrected chi connectivity index (χ2v) is 9.33. The molecule has 2 heterocycles. The van der Waals surface area contributed by atoms with Crippen molar-refractivity contribution >= 4 is 17.7 Å². The Morgan fingerprint density at radius 2 is 1.71 bits per heavy atom. The van der Waals surface area contributed by atoms with E-state index in [1.807, 2.05) is 36.4 Å². The first kappa shape index (κ1) is 23.2. The first-order valence-electron chi connectivity index (χ1n) is 11.9. The summed E-state index contributed by atoms with van der Waals surface area (Å²) in [6, 6.07) is 18.9. The zero-order chi connectivity index (χ0) is 24.4. The minimum atomic E-state index is -0.755. The van der Waals surface area contributed by atoms with E-state index < -0.39 is 11.6 Å². The second kappa shape index (κ2) is 9.62. The molecule has 180 valence electrons. The Morgan fingerprint density at radius 1 is 1.00 bits per heavy atom. The van der Waals surface area contributed by atoms with Crippen molar-refractivity contribution in [3.8, 4) is 5.75 Å². The van der Waals surface area contributed by atoms with Gasteiger partial charge in [0.1, 0.15) is 17.4 Å². The lowest BCUT2D eigenvalue weighted by Gasteiger charge is -2.39. The van der Waals surface area contributed by atoms with Gasteiger partial charge < -0.3 is 9.64 Å². The van der Waals surface area contributed by atoms with Crippen molar-refractivity contribution in [1.29, 1.82) is 0 Å². The minimum Gasteiger partial charge on any atom is -0.497 e. The highest BCUT2D eigenvalue weighted by atomic mass is 19.1. The van der Waals surface area contributed by atoms with Gasteiger partial charge in [0.25, 0.3) is 5.91 Å². The number of fused-ring (bicyclic) bond motifs is 2. The molecule has 6 heteroatoms. The van der Waals surface area contributed by atoms with Crippen molar-refractivity contribution in [2.75, 3.05) is 38.2 Å². The number of methoxy groups -OCH3 is 1. The fourth-order valence-corrected chi connectivity index (χ4v) is 5.28. The molecule has 1 fully saturated rings. The number of hydrogen-bond donors (Lipinski definition) is 0. The molecule has 2 aliphatic heterocycles. The van der Waals surface area contributed by atoms with Gasteiger partial charge in [-0.3, -0.25) is 9.69 Å². The van der Waals surface area contributed by atoms with Crippen molar-refractivity contribution in [2.45, 2.75) is 18.3 Å². The van der Waals surface area contributed by atoms with Gasteiger partial charge in [-0.1, -0.05) is 42.5 Å². The Morgan fingerprint density at radius 3 is 2.40 bits per heavy atom. The Hall–Kier alpha value is -3.51. The molecule has 5 rings (SSSR count). The molecule has 0 aliphatic carbocycles. The lowest BCUT2D eigenvalue weighted by atomic mass is 9.74. The van der Waals surface area contributed by atoms with Crippen LogP contribution in [-0.2, 0) is 5.41 Å². The summed E-state index contributed by atoms with van der Waals surface area (Å²) in [6.07, 6.45) is 6.09. The van der Waals surface area contributed by atoms with Gasteiger partial charge in [0.2, 0.25) is 0 Å². The summed E-state index contributed by atoms with van der Waals surface area (Å²) in [7, 11) is 1.63. The Balaban J connectivity index is 1.36. The minimum absolute atomic E-state index is 0.0183. The highest BCUT2D eigenvalue weighted by Crippen LogP contribution is 2.48. The van der Waals surface area contributed by atoms with Crippen LogP contribution in [0.3, 0.4) is 0 Å². The van der Waals surface area contributed by atoms with Gasteiger partial charge in [-0.05, 0) is 67.4 Å². The molecule has 4 nitrogen and oxygen atoms in total. The number of carbonyl (C=O) groups is 1. The molecule has 3 aromatic rings. The van der Waals surface area contributed by atoms with Gasteiger partial charge in [-0.15, -0.1) is 0 Å². The molecule has 0 saturated carbocycles. The zero-order valence-corrected chi connectivity index (χ0v) is 19.7. The molecule has 0 atom stereocenters. The molecular formula is C29H28F2N2O2. The quantitative estimate of drug-likeness (QED) is 0.477. The number of hydrogen-bond acceptors (Lipinski definition) is 3. The van der Waals surface area contributed by atoms with E-state index in [0.717, 1.165) is 67.7 Å². The van der Waals surface area contributed by atoms with Crippen LogP contribution >= 0.6 is 0 Å². The Kier molecular flexibility index (Phi) is 6.39. The van der Waals surface area contributed by atoms with Crippen LogP contribution in [0.4, 0.5) is 14.5 Å². The van der Waals surface area contributed by atoms with Crippen LogP contribution in [0.15, 0.2) is 72.8 Å². The normalized spacial score (nSPS) is 17.2. The summed E-state index contributed by atoms with van der Waals surface area (Å²) in [6.45, 7) is 3.14. The maximum Gasteiger partial charge on any atom is 0.258 e. The SMILES string of the molecule is COc1ccc2c(c1)C1(CCN(CC=Cc3ccccc3)CC1)CN2C(=O)c1cc(F)cc(F)c1. The summed E-state index contributed by atoms with van der Waals surface area (Å²) < 4.78 is 33.1. The number of nitrogens with zero attached hydrogens (tertiary/aromatic N) is 2. The molecule has 1 amide bonds. The van der Waals surface area contributed by atoms with Gasteiger partial charge >= 0.3 is 0 Å². The smallest absolute Gasteiger partial charge is 0.258 e. The first-order valence-corrected chi connectivity index (χ1v) is 11.9. The van der Waals surface area contributed by atoms with E-state index in [9.17, 15) is 13.6 Å². The molecule has 0 N–H and O–H groups in total. The molecule has 2 aliphatic rings. The van der Waals surface area contributed by atoms with Crippen molar-refractivity contribution in [3.05, 3.63) is 101 Å². The van der Waals surface area contributed by atoms with Crippen molar-refractivity contribution in [1.82, 2.24) is 4.90 Å². The predicted molar refractivity (Wildman–Crippen MR) is 134 cm³/mol. The molecule has 0 bridgehead atoms. The summed E-state index contributed by atoms with van der Waals surface area (Å²) in [4.78, 5) is 17.5. The van der Waals surface area contributed by atoms with E-state index in [1.54, 1.807) is 12.0 Å². The maximum absolute atomic E-state index is 13.8. The number of benzene rings is 3.